The van der Waals surface area contributed by atoms with Crippen LogP contribution in [0.2, 0.25) is 0 Å². The fourth-order valence-electron chi connectivity index (χ4n) is 6.31. The Balaban J connectivity index is 1.67. The number of carbonyl (C=O) groups is 3. The summed E-state index contributed by atoms with van der Waals surface area (Å²) >= 11 is 0. The molecule has 1 fully saturated rings. The maximum absolute atomic E-state index is 14.3. The van der Waals surface area contributed by atoms with Crippen molar-refractivity contribution < 1.29 is 37.4 Å². The second kappa shape index (κ2) is 13.0. The van der Waals surface area contributed by atoms with Gasteiger partial charge in [0.1, 0.15) is 17.1 Å². The first-order valence-electron chi connectivity index (χ1n) is 15.0. The van der Waals surface area contributed by atoms with Crippen LogP contribution in [0.4, 0.5) is 13.2 Å². The van der Waals surface area contributed by atoms with Crippen LogP contribution in [0.25, 0.3) is 0 Å². The van der Waals surface area contributed by atoms with Gasteiger partial charge in [0.2, 0.25) is 0 Å². The number of aliphatic carboxylic acids is 1. The van der Waals surface area contributed by atoms with Gasteiger partial charge in [0.15, 0.2) is 0 Å². The number of ether oxygens (including phenoxy) is 1. The molecule has 2 aliphatic rings. The van der Waals surface area contributed by atoms with Gasteiger partial charge in [0.05, 0.1) is 12.5 Å². The third-order valence-electron chi connectivity index (χ3n) is 8.62. The topological polar surface area (TPSA) is 108 Å². The van der Waals surface area contributed by atoms with Crippen LogP contribution in [0.15, 0.2) is 53.5 Å². The SMILES string of the molecule is CCCC(c1ccc(C(=O)NCCC(=O)O)cc1)N1C(=O)C(c2ccc(OC(F)(F)F)cc2)=NC12CCC(C(C)(C)C)CC2. The molecule has 238 valence electrons. The quantitative estimate of drug-likeness (QED) is 0.303. The third kappa shape index (κ3) is 7.60. The van der Waals surface area contributed by atoms with E-state index in [2.05, 4.69) is 30.8 Å². The summed E-state index contributed by atoms with van der Waals surface area (Å²) in [6.45, 7) is 8.68. The van der Waals surface area contributed by atoms with Gasteiger partial charge >= 0.3 is 12.3 Å². The van der Waals surface area contributed by atoms with Crippen LogP contribution in [-0.4, -0.2) is 52.1 Å². The van der Waals surface area contributed by atoms with Crippen molar-refractivity contribution in [3.8, 4) is 5.75 Å². The highest BCUT2D eigenvalue weighted by Crippen LogP contribution is 2.50. The summed E-state index contributed by atoms with van der Waals surface area (Å²) < 4.78 is 42.2. The average Bonchev–Trinajstić information content (AvgIpc) is 3.21. The highest BCUT2D eigenvalue weighted by atomic mass is 19.4. The molecule has 2 aromatic carbocycles. The number of amides is 2. The van der Waals surface area contributed by atoms with Crippen LogP contribution < -0.4 is 10.1 Å². The predicted molar refractivity (Wildman–Crippen MR) is 159 cm³/mol. The van der Waals surface area contributed by atoms with Crippen molar-refractivity contribution in [1.29, 1.82) is 0 Å². The second-order valence-corrected chi connectivity index (χ2v) is 12.7. The van der Waals surface area contributed by atoms with Gasteiger partial charge in [-0.1, -0.05) is 46.2 Å². The van der Waals surface area contributed by atoms with Crippen LogP contribution >= 0.6 is 0 Å². The summed E-state index contributed by atoms with van der Waals surface area (Å²) in [6, 6.07) is 11.9. The number of nitrogens with zero attached hydrogens (tertiary/aromatic N) is 2. The van der Waals surface area contributed by atoms with Gasteiger partial charge in [-0.2, -0.15) is 0 Å². The highest BCUT2D eigenvalue weighted by molar-refractivity contribution is 6.46. The van der Waals surface area contributed by atoms with Crippen LogP contribution in [0.5, 0.6) is 5.75 Å². The van der Waals surface area contributed by atoms with Crippen molar-refractivity contribution in [2.24, 2.45) is 16.3 Å². The molecule has 1 heterocycles. The first kappa shape index (κ1) is 33.0. The number of aliphatic imine (C=N–C) groups is 1. The number of benzene rings is 2. The lowest BCUT2D eigenvalue weighted by atomic mass is 9.69. The lowest BCUT2D eigenvalue weighted by Crippen LogP contribution is -2.51. The van der Waals surface area contributed by atoms with Crippen LogP contribution in [0.1, 0.15) is 100 Å². The monoisotopic (exact) mass is 615 g/mol. The molecule has 1 aliphatic heterocycles. The molecule has 44 heavy (non-hydrogen) atoms. The number of hydrogen-bond donors (Lipinski definition) is 2. The van der Waals surface area contributed by atoms with E-state index in [1.807, 2.05) is 24.0 Å². The molecule has 0 aromatic heterocycles. The van der Waals surface area contributed by atoms with Crippen molar-refractivity contribution in [3.63, 3.8) is 0 Å². The number of carboxylic acid groups (broad SMARTS) is 1. The fraction of sp³-hybridized carbons (Fsp3) is 0.515. The summed E-state index contributed by atoms with van der Waals surface area (Å²) in [7, 11) is 0. The molecule has 1 atom stereocenters. The van der Waals surface area contributed by atoms with E-state index < -0.39 is 18.0 Å². The first-order chi connectivity index (χ1) is 20.6. The molecule has 2 amide bonds. The Morgan fingerprint density at radius 3 is 2.20 bits per heavy atom. The molecule has 2 aromatic rings. The Labute approximate surface area is 255 Å². The number of alkyl halides is 3. The number of rotatable bonds is 10. The Hall–Kier alpha value is -3.89. The van der Waals surface area contributed by atoms with E-state index in [0.717, 1.165) is 24.8 Å². The Kier molecular flexibility index (Phi) is 9.75. The van der Waals surface area contributed by atoms with Gasteiger partial charge in [-0.25, -0.2) is 0 Å². The van der Waals surface area contributed by atoms with Crippen LogP contribution in [0, 0.1) is 11.3 Å². The lowest BCUT2D eigenvalue weighted by molar-refractivity contribution is -0.274. The summed E-state index contributed by atoms with van der Waals surface area (Å²) in [6.07, 6.45) is -0.539. The molecular formula is C33H40F3N3O5. The summed E-state index contributed by atoms with van der Waals surface area (Å²) in [5.41, 5.74) is 1.15. The van der Waals surface area contributed by atoms with Crippen molar-refractivity contribution in [3.05, 3.63) is 65.2 Å². The van der Waals surface area contributed by atoms with Crippen LogP contribution in [0.3, 0.4) is 0 Å². The summed E-state index contributed by atoms with van der Waals surface area (Å²) in [5.74, 6) is -1.59. The molecule has 1 saturated carbocycles. The van der Waals surface area contributed by atoms with Gasteiger partial charge in [-0.3, -0.25) is 19.4 Å². The fourth-order valence-corrected chi connectivity index (χ4v) is 6.31. The highest BCUT2D eigenvalue weighted by Gasteiger charge is 2.52. The largest absolute Gasteiger partial charge is 0.573 e. The smallest absolute Gasteiger partial charge is 0.481 e. The number of nitrogens with one attached hydrogen (secondary N) is 1. The minimum Gasteiger partial charge on any atom is -0.481 e. The second-order valence-electron chi connectivity index (χ2n) is 12.7. The van der Waals surface area contributed by atoms with Crippen LogP contribution in [-0.2, 0) is 9.59 Å². The van der Waals surface area contributed by atoms with E-state index >= 15 is 0 Å². The summed E-state index contributed by atoms with van der Waals surface area (Å²) in [5, 5.41) is 11.4. The van der Waals surface area contributed by atoms with E-state index in [0.29, 0.717) is 36.3 Å². The normalized spacial score (nSPS) is 21.2. The predicted octanol–water partition coefficient (Wildman–Crippen LogP) is 6.90. The standard InChI is InChI=1S/C33H40F3N3O5/c1-5-6-26(21-7-9-23(10-8-21)29(42)37-20-17-27(40)41)39-30(43)28(22-11-13-25(14-12-22)44-33(34,35)36)38-32(39)18-15-24(16-19-32)31(2,3)4/h7-14,24,26H,5-6,15-20H2,1-4H3,(H,37,42)(H,40,41). The molecule has 4 rings (SSSR count). The molecule has 0 radical (unpaired) electrons. The third-order valence-corrected chi connectivity index (χ3v) is 8.62. The van der Waals surface area contributed by atoms with E-state index in [1.54, 1.807) is 12.1 Å². The zero-order chi connectivity index (χ0) is 32.3. The van der Waals surface area contributed by atoms with Gasteiger partial charge in [0.25, 0.3) is 11.8 Å². The maximum Gasteiger partial charge on any atom is 0.573 e. The van der Waals surface area contributed by atoms with Crippen molar-refractivity contribution in [1.82, 2.24) is 10.2 Å². The Bertz CT molecular complexity index is 1370. The van der Waals surface area contributed by atoms with Crippen molar-refractivity contribution in [2.75, 3.05) is 6.54 Å². The molecule has 1 aliphatic carbocycles. The number of hydrogen-bond acceptors (Lipinski definition) is 5. The molecule has 0 saturated heterocycles. The van der Waals surface area contributed by atoms with E-state index in [9.17, 15) is 27.6 Å². The minimum absolute atomic E-state index is 0.0121. The van der Waals surface area contributed by atoms with E-state index in [4.69, 9.17) is 10.1 Å². The number of halogens is 3. The zero-order valence-corrected chi connectivity index (χ0v) is 25.5. The summed E-state index contributed by atoms with van der Waals surface area (Å²) in [4.78, 5) is 44.5. The molecule has 11 heteroatoms. The molecule has 0 bridgehead atoms. The zero-order valence-electron chi connectivity index (χ0n) is 25.5. The molecule has 2 N–H and O–H groups in total. The van der Waals surface area contributed by atoms with Gasteiger partial charge in [-0.05, 0) is 85.4 Å². The molecule has 8 nitrogen and oxygen atoms in total. The Morgan fingerprint density at radius 1 is 1.07 bits per heavy atom. The molecule has 1 spiro atoms. The van der Waals surface area contributed by atoms with Gasteiger partial charge in [0, 0.05) is 17.7 Å². The van der Waals surface area contributed by atoms with Gasteiger partial charge in [-0.15, -0.1) is 13.2 Å². The molecular weight excluding hydrogens is 575 g/mol. The first-order valence-corrected chi connectivity index (χ1v) is 15.0. The lowest BCUT2D eigenvalue weighted by Gasteiger charge is -2.47. The van der Waals surface area contributed by atoms with Crippen molar-refractivity contribution in [2.45, 2.75) is 90.7 Å². The average molecular weight is 616 g/mol. The van der Waals surface area contributed by atoms with E-state index in [-0.39, 0.29) is 47.7 Å². The van der Waals surface area contributed by atoms with Crippen molar-refractivity contribution >= 4 is 23.5 Å². The number of carboxylic acids is 1. The molecule has 1 unspecified atom stereocenters. The number of carbonyl (C=O) groups excluding carboxylic acids is 2. The maximum atomic E-state index is 14.3. The minimum atomic E-state index is -4.82. The van der Waals surface area contributed by atoms with Gasteiger partial charge < -0.3 is 20.1 Å². The Morgan fingerprint density at radius 2 is 1.68 bits per heavy atom. The van der Waals surface area contributed by atoms with E-state index in [1.165, 1.54) is 24.3 Å².